The van der Waals surface area contributed by atoms with Gasteiger partial charge in [0.1, 0.15) is 0 Å². The maximum Gasteiger partial charge on any atom is 0.252 e. The molecule has 0 saturated carbocycles. The zero-order chi connectivity index (χ0) is 11.6. The highest BCUT2D eigenvalue weighted by Gasteiger charge is 2.13. The van der Waals surface area contributed by atoms with Crippen LogP contribution in [0.1, 0.15) is 24.2 Å². The Morgan fingerprint density at radius 1 is 1.27 bits per heavy atom. The monoisotopic (exact) mass is 266 g/mol. The van der Waals surface area contributed by atoms with Crippen LogP contribution >= 0.6 is 34.8 Å². The number of carbonyl (C=O) groups excluding carboxylic acids is 1. The smallest absolute Gasteiger partial charge is 0.252 e. The summed E-state index contributed by atoms with van der Waals surface area (Å²) in [6, 6.07) is 2.86. The number of hydrogen-bond acceptors (Lipinski definition) is 2. The normalized spacial score (nSPS) is 10.5. The van der Waals surface area contributed by atoms with Crippen LogP contribution < -0.4 is 4.74 Å². The predicted octanol–water partition coefficient (Wildman–Crippen LogP) is 4.16. The molecule has 0 aliphatic carbocycles. The highest BCUT2D eigenvalue weighted by Crippen LogP contribution is 2.35. The van der Waals surface area contributed by atoms with Crippen molar-refractivity contribution in [3.05, 3.63) is 27.7 Å². The first-order valence-corrected chi connectivity index (χ1v) is 5.40. The third-order valence-corrected chi connectivity index (χ3v) is 2.36. The lowest BCUT2D eigenvalue weighted by Gasteiger charge is -2.13. The molecule has 0 aliphatic rings. The first-order chi connectivity index (χ1) is 6.91. The van der Waals surface area contributed by atoms with Crippen LogP contribution in [0.4, 0.5) is 0 Å². The fourth-order valence-corrected chi connectivity index (χ4v) is 1.71. The molecule has 0 saturated heterocycles. The number of carbonyl (C=O) groups is 1. The van der Waals surface area contributed by atoms with Crippen molar-refractivity contribution in [1.82, 2.24) is 0 Å². The van der Waals surface area contributed by atoms with Crippen molar-refractivity contribution >= 4 is 40.0 Å². The van der Waals surface area contributed by atoms with E-state index in [4.69, 9.17) is 39.5 Å². The van der Waals surface area contributed by atoms with Crippen LogP contribution in [-0.2, 0) is 0 Å². The Morgan fingerprint density at radius 2 is 1.73 bits per heavy atom. The van der Waals surface area contributed by atoms with E-state index in [9.17, 15) is 4.79 Å². The van der Waals surface area contributed by atoms with Crippen molar-refractivity contribution in [2.24, 2.45) is 0 Å². The molecule has 2 nitrogen and oxygen atoms in total. The molecular weight excluding hydrogens is 258 g/mol. The first kappa shape index (κ1) is 12.6. The second kappa shape index (κ2) is 5.06. The predicted molar refractivity (Wildman–Crippen MR) is 62.4 cm³/mol. The summed E-state index contributed by atoms with van der Waals surface area (Å²) in [7, 11) is 0. The summed E-state index contributed by atoms with van der Waals surface area (Å²) in [5.41, 5.74) is 0.253. The van der Waals surface area contributed by atoms with E-state index >= 15 is 0 Å². The van der Waals surface area contributed by atoms with Crippen LogP contribution in [0, 0.1) is 0 Å². The van der Waals surface area contributed by atoms with Gasteiger partial charge in [-0.1, -0.05) is 23.2 Å². The maximum absolute atomic E-state index is 10.9. The third-order valence-electron chi connectivity index (χ3n) is 1.58. The molecule has 0 fully saturated rings. The summed E-state index contributed by atoms with van der Waals surface area (Å²) in [5.74, 6) is 0.370. The topological polar surface area (TPSA) is 26.3 Å². The minimum atomic E-state index is -0.602. The van der Waals surface area contributed by atoms with E-state index in [1.54, 1.807) is 0 Å². The Bertz CT molecular complexity index is 365. The second-order valence-corrected chi connectivity index (χ2v) is 4.37. The van der Waals surface area contributed by atoms with Gasteiger partial charge < -0.3 is 4.74 Å². The van der Waals surface area contributed by atoms with Gasteiger partial charge >= 0.3 is 0 Å². The van der Waals surface area contributed by atoms with Crippen molar-refractivity contribution in [3.8, 4) is 5.75 Å². The number of hydrogen-bond donors (Lipinski definition) is 0. The molecule has 0 aromatic heterocycles. The minimum absolute atomic E-state index is 0.0439. The molecule has 0 amide bonds. The van der Waals surface area contributed by atoms with Gasteiger partial charge in [0.05, 0.1) is 16.1 Å². The molecule has 0 radical (unpaired) electrons. The molecule has 0 unspecified atom stereocenters. The van der Waals surface area contributed by atoms with Crippen LogP contribution in [-0.4, -0.2) is 11.3 Å². The molecule has 1 aromatic carbocycles. The standard InChI is InChI=1S/C10H9Cl3O2/c1-5(2)15-9-7(11)3-6(10(13)14)4-8(9)12/h3-5H,1-2H3. The molecular formula is C10H9Cl3O2. The number of rotatable bonds is 3. The molecule has 0 aliphatic heterocycles. The molecule has 0 bridgehead atoms. The Kier molecular flexibility index (Phi) is 4.26. The van der Waals surface area contributed by atoms with E-state index in [1.165, 1.54) is 12.1 Å². The molecule has 82 valence electrons. The van der Waals surface area contributed by atoms with Gasteiger partial charge in [0.25, 0.3) is 5.24 Å². The number of benzene rings is 1. The highest BCUT2D eigenvalue weighted by molar-refractivity contribution is 6.68. The van der Waals surface area contributed by atoms with Crippen molar-refractivity contribution in [2.75, 3.05) is 0 Å². The van der Waals surface area contributed by atoms with E-state index < -0.39 is 5.24 Å². The van der Waals surface area contributed by atoms with Gasteiger partial charge in [-0.2, -0.15) is 0 Å². The van der Waals surface area contributed by atoms with E-state index in [0.717, 1.165) is 0 Å². The van der Waals surface area contributed by atoms with E-state index in [-0.39, 0.29) is 21.7 Å². The van der Waals surface area contributed by atoms with E-state index in [1.807, 2.05) is 13.8 Å². The van der Waals surface area contributed by atoms with Gasteiger partial charge in [-0.3, -0.25) is 4.79 Å². The van der Waals surface area contributed by atoms with Crippen LogP contribution in [0.2, 0.25) is 10.0 Å². The maximum atomic E-state index is 10.9. The summed E-state index contributed by atoms with van der Waals surface area (Å²) >= 11 is 17.1. The van der Waals surface area contributed by atoms with Crippen LogP contribution in [0.5, 0.6) is 5.75 Å². The highest BCUT2D eigenvalue weighted by atomic mass is 35.5. The quantitative estimate of drug-likeness (QED) is 0.769. The van der Waals surface area contributed by atoms with Crippen molar-refractivity contribution in [3.63, 3.8) is 0 Å². The lowest BCUT2D eigenvalue weighted by molar-refractivity contribution is 0.108. The zero-order valence-electron chi connectivity index (χ0n) is 8.18. The fraction of sp³-hybridized carbons (Fsp3) is 0.300. The molecule has 0 atom stereocenters. The molecule has 0 spiro atoms. The molecule has 0 N–H and O–H groups in total. The van der Waals surface area contributed by atoms with Crippen LogP contribution in [0.3, 0.4) is 0 Å². The average molecular weight is 268 g/mol. The van der Waals surface area contributed by atoms with Gasteiger partial charge in [0.2, 0.25) is 0 Å². The summed E-state index contributed by atoms with van der Waals surface area (Å²) in [6.45, 7) is 3.71. The Labute approximate surface area is 103 Å². The second-order valence-electron chi connectivity index (χ2n) is 3.21. The van der Waals surface area contributed by atoms with E-state index in [2.05, 4.69) is 0 Å². The zero-order valence-corrected chi connectivity index (χ0v) is 10.5. The summed E-state index contributed by atoms with van der Waals surface area (Å²) in [5, 5.41) is -0.0460. The van der Waals surface area contributed by atoms with Crippen molar-refractivity contribution < 1.29 is 9.53 Å². The summed E-state index contributed by atoms with van der Waals surface area (Å²) < 4.78 is 5.39. The lowest BCUT2D eigenvalue weighted by Crippen LogP contribution is -2.06. The summed E-state index contributed by atoms with van der Waals surface area (Å²) in [6.07, 6.45) is -0.0439. The Morgan fingerprint density at radius 3 is 2.07 bits per heavy atom. The number of ether oxygens (including phenoxy) is 1. The van der Waals surface area contributed by atoms with Crippen molar-refractivity contribution in [1.29, 1.82) is 0 Å². The third kappa shape index (κ3) is 3.26. The van der Waals surface area contributed by atoms with Crippen molar-refractivity contribution in [2.45, 2.75) is 20.0 Å². The summed E-state index contributed by atoms with van der Waals surface area (Å²) in [4.78, 5) is 10.9. The molecule has 1 aromatic rings. The van der Waals surface area contributed by atoms with Gasteiger partial charge in [0, 0.05) is 5.56 Å². The fourth-order valence-electron chi connectivity index (χ4n) is 1.02. The Hall–Kier alpha value is -0.440. The van der Waals surface area contributed by atoms with E-state index in [0.29, 0.717) is 5.75 Å². The lowest BCUT2D eigenvalue weighted by atomic mass is 10.2. The largest absolute Gasteiger partial charge is 0.488 e. The Balaban J connectivity index is 3.15. The average Bonchev–Trinajstić information content (AvgIpc) is 2.10. The van der Waals surface area contributed by atoms with Crippen LogP contribution in [0.15, 0.2) is 12.1 Å². The molecule has 1 rings (SSSR count). The minimum Gasteiger partial charge on any atom is -0.488 e. The molecule has 5 heteroatoms. The SMILES string of the molecule is CC(C)Oc1c(Cl)cc(C(=O)Cl)cc1Cl. The van der Waals surface area contributed by atoms with Gasteiger partial charge in [0.15, 0.2) is 5.75 Å². The number of halogens is 3. The van der Waals surface area contributed by atoms with Gasteiger partial charge in [-0.05, 0) is 37.6 Å². The van der Waals surface area contributed by atoms with Gasteiger partial charge in [-0.25, -0.2) is 0 Å². The first-order valence-electron chi connectivity index (χ1n) is 4.27. The molecule has 0 heterocycles. The van der Waals surface area contributed by atoms with Gasteiger partial charge in [-0.15, -0.1) is 0 Å². The van der Waals surface area contributed by atoms with Crippen LogP contribution in [0.25, 0.3) is 0 Å². The molecule has 15 heavy (non-hydrogen) atoms.